The number of ether oxygens (including phenoxy) is 1. The molecule has 9 heteroatoms. The lowest BCUT2D eigenvalue weighted by molar-refractivity contribution is -0.122. The topological polar surface area (TPSA) is 84.5 Å². The second kappa shape index (κ2) is 8.49. The van der Waals surface area contributed by atoms with Crippen LogP contribution in [0.1, 0.15) is 41.0 Å². The monoisotopic (exact) mass is 416 g/mol. The Morgan fingerprint density at radius 2 is 2.00 bits per heavy atom. The zero-order valence-electron chi connectivity index (χ0n) is 15.5. The minimum atomic E-state index is -1.66. The maximum atomic E-state index is 12.6. The maximum absolute atomic E-state index is 12.6. The van der Waals surface area contributed by atoms with Crippen molar-refractivity contribution in [2.45, 2.75) is 56.9 Å². The van der Waals surface area contributed by atoms with Crippen LogP contribution in [0.5, 0.6) is 0 Å². The van der Waals surface area contributed by atoms with Crippen LogP contribution >= 0.6 is 22.7 Å². The van der Waals surface area contributed by atoms with Crippen LogP contribution in [0.25, 0.3) is 9.40 Å². The average molecular weight is 417 g/mol. The lowest BCUT2D eigenvalue weighted by Gasteiger charge is -2.26. The first kappa shape index (κ1) is 20.9. The quantitative estimate of drug-likeness (QED) is 0.744. The van der Waals surface area contributed by atoms with Gasteiger partial charge in [-0.3, -0.25) is 9.52 Å². The van der Waals surface area contributed by atoms with Crippen LogP contribution in [0.4, 0.5) is 4.79 Å². The molecule has 0 fully saturated rings. The molecule has 1 unspecified atom stereocenters. The molecule has 2 amide bonds. The summed E-state index contributed by atoms with van der Waals surface area (Å²) in [6.45, 7) is 9.03. The van der Waals surface area contributed by atoms with Crippen molar-refractivity contribution < 1.29 is 18.5 Å². The highest BCUT2D eigenvalue weighted by molar-refractivity contribution is 7.86. The molecule has 0 saturated carbocycles. The van der Waals surface area contributed by atoms with Gasteiger partial charge in [0.15, 0.2) is 11.0 Å². The minimum absolute atomic E-state index is 0.133. The van der Waals surface area contributed by atoms with Crippen LogP contribution in [0.3, 0.4) is 0 Å². The number of thiophene rings is 2. The van der Waals surface area contributed by atoms with Crippen LogP contribution in [0.2, 0.25) is 0 Å². The van der Waals surface area contributed by atoms with Crippen LogP contribution < -0.4 is 10.0 Å². The molecule has 0 aliphatic carbocycles. The molecule has 3 atom stereocenters. The van der Waals surface area contributed by atoms with Gasteiger partial charge in [-0.1, -0.05) is 20.3 Å². The zero-order chi connectivity index (χ0) is 19.5. The molecule has 26 heavy (non-hydrogen) atoms. The van der Waals surface area contributed by atoms with Gasteiger partial charge in [0.2, 0.25) is 0 Å². The summed E-state index contributed by atoms with van der Waals surface area (Å²) in [6, 6.07) is 2.96. The van der Waals surface area contributed by atoms with Crippen molar-refractivity contribution in [2.75, 3.05) is 0 Å². The van der Waals surface area contributed by atoms with E-state index in [1.807, 2.05) is 31.4 Å². The van der Waals surface area contributed by atoms with Crippen molar-refractivity contribution >= 4 is 55.1 Å². The second-order valence-corrected chi connectivity index (χ2v) is 10.4. The van der Waals surface area contributed by atoms with E-state index in [0.717, 1.165) is 9.40 Å². The van der Waals surface area contributed by atoms with Crippen molar-refractivity contribution in [3.05, 3.63) is 17.5 Å². The molecule has 144 valence electrons. The number of rotatable bonds is 6. The molecule has 2 aromatic rings. The van der Waals surface area contributed by atoms with E-state index in [4.69, 9.17) is 4.74 Å². The fraction of sp³-hybridized carbons (Fsp3) is 0.529. The predicted octanol–water partition coefficient (Wildman–Crippen LogP) is 4.04. The highest BCUT2D eigenvalue weighted by atomic mass is 32.2. The molecule has 6 nitrogen and oxygen atoms in total. The largest absolute Gasteiger partial charge is 0.444 e. The highest BCUT2D eigenvalue weighted by Gasteiger charge is 2.29. The molecule has 0 aliphatic rings. The van der Waals surface area contributed by atoms with E-state index in [-0.39, 0.29) is 5.92 Å². The van der Waals surface area contributed by atoms with Crippen molar-refractivity contribution in [3.8, 4) is 0 Å². The molecular formula is C17H24N2O4S3. The molecule has 0 aromatic carbocycles. The summed E-state index contributed by atoms with van der Waals surface area (Å²) in [5, 5.41) is 4.57. The predicted molar refractivity (Wildman–Crippen MR) is 107 cm³/mol. The summed E-state index contributed by atoms with van der Waals surface area (Å²) in [5.74, 6) is -0.619. The molecular weight excluding hydrogens is 392 g/mol. The van der Waals surface area contributed by atoms with Crippen molar-refractivity contribution in [1.82, 2.24) is 10.0 Å². The summed E-state index contributed by atoms with van der Waals surface area (Å²) in [5.41, 5.74) is -0.661. The lowest BCUT2D eigenvalue weighted by Crippen LogP contribution is -2.51. The Kier molecular flexibility index (Phi) is 6.81. The van der Waals surface area contributed by atoms with E-state index in [0.29, 0.717) is 10.6 Å². The number of carbonyl (C=O) groups excluding carboxylic acids is 2. The summed E-state index contributed by atoms with van der Waals surface area (Å²) in [4.78, 5) is 24.7. The van der Waals surface area contributed by atoms with E-state index in [1.54, 1.807) is 32.1 Å². The summed E-state index contributed by atoms with van der Waals surface area (Å²) in [7, 11) is -1.66. The Morgan fingerprint density at radius 3 is 2.58 bits per heavy atom. The Hall–Kier alpha value is -1.45. The summed E-state index contributed by atoms with van der Waals surface area (Å²) >= 11 is 2.95. The first-order valence-corrected chi connectivity index (χ1v) is 11.1. The van der Waals surface area contributed by atoms with Gasteiger partial charge in [0.1, 0.15) is 15.9 Å². The Morgan fingerprint density at radius 1 is 1.31 bits per heavy atom. The van der Waals surface area contributed by atoms with Gasteiger partial charge in [-0.15, -0.1) is 22.7 Å². The van der Waals surface area contributed by atoms with Gasteiger partial charge >= 0.3 is 6.09 Å². The molecule has 0 spiro atoms. The smallest absolute Gasteiger partial charge is 0.408 e. The van der Waals surface area contributed by atoms with E-state index in [1.165, 1.54) is 11.3 Å². The van der Waals surface area contributed by atoms with Gasteiger partial charge in [-0.25, -0.2) is 9.00 Å². The molecule has 2 rings (SSSR count). The van der Waals surface area contributed by atoms with E-state index in [2.05, 4.69) is 10.0 Å². The summed E-state index contributed by atoms with van der Waals surface area (Å²) in [6.07, 6.45) is 0.00952. The fourth-order valence-electron chi connectivity index (χ4n) is 2.18. The standard InChI is InChI=1S/C17H24N2O4S3/c1-6-10(2)14(18-16(21)23-17(3,4)5)15(20)19-26(22)13-9-12-11(25-13)7-8-24-12/h7-10,14H,6H2,1-5H3,(H,18,21)(H,19,20)/t10-,14-,26?/m0/s1. The Balaban J connectivity index is 2.06. The molecule has 0 radical (unpaired) electrons. The van der Waals surface area contributed by atoms with Gasteiger partial charge in [0, 0.05) is 9.40 Å². The molecule has 2 aromatic heterocycles. The number of fused-ring (bicyclic) bond motifs is 1. The van der Waals surface area contributed by atoms with E-state index < -0.39 is 34.6 Å². The fourth-order valence-corrected chi connectivity index (χ4v) is 5.42. The van der Waals surface area contributed by atoms with Crippen LogP contribution in [-0.4, -0.2) is 27.9 Å². The SMILES string of the molecule is CC[C@H](C)[C@H](NC(=O)OC(C)(C)C)C(=O)NS(=O)c1cc2sccc2s1. The number of hydrogen-bond acceptors (Lipinski definition) is 6. The Labute approximate surface area is 163 Å². The molecule has 2 heterocycles. The van der Waals surface area contributed by atoms with Crippen LogP contribution in [0.15, 0.2) is 21.7 Å². The second-order valence-electron chi connectivity index (χ2n) is 6.96. The first-order chi connectivity index (χ1) is 12.1. The molecule has 0 bridgehead atoms. The van der Waals surface area contributed by atoms with Crippen molar-refractivity contribution in [1.29, 1.82) is 0 Å². The number of alkyl carbamates (subject to hydrolysis) is 1. The Bertz CT molecular complexity index is 778. The number of amides is 2. The van der Waals surface area contributed by atoms with Crippen molar-refractivity contribution in [2.24, 2.45) is 5.92 Å². The van der Waals surface area contributed by atoms with Crippen LogP contribution in [0, 0.1) is 5.92 Å². The zero-order valence-corrected chi connectivity index (χ0v) is 17.9. The summed E-state index contributed by atoms with van der Waals surface area (Å²) < 4.78 is 22.9. The maximum Gasteiger partial charge on any atom is 0.408 e. The molecule has 0 saturated heterocycles. The average Bonchev–Trinajstić information content (AvgIpc) is 3.11. The molecule has 0 aliphatic heterocycles. The van der Waals surface area contributed by atoms with Gasteiger partial charge < -0.3 is 10.1 Å². The van der Waals surface area contributed by atoms with E-state index >= 15 is 0 Å². The normalized spacial score (nSPS) is 15.3. The van der Waals surface area contributed by atoms with E-state index in [9.17, 15) is 13.8 Å². The third-order valence-electron chi connectivity index (χ3n) is 3.66. The van der Waals surface area contributed by atoms with Gasteiger partial charge in [0.05, 0.1) is 0 Å². The minimum Gasteiger partial charge on any atom is -0.444 e. The first-order valence-electron chi connectivity index (χ1n) is 8.29. The van der Waals surface area contributed by atoms with Gasteiger partial charge in [-0.05, 0) is 44.2 Å². The number of hydrogen-bond donors (Lipinski definition) is 2. The number of carbonyl (C=O) groups is 2. The third-order valence-corrected chi connectivity index (χ3v) is 7.12. The van der Waals surface area contributed by atoms with Crippen LogP contribution in [-0.2, 0) is 20.5 Å². The van der Waals surface area contributed by atoms with Gasteiger partial charge in [-0.2, -0.15) is 0 Å². The molecule has 2 N–H and O–H groups in total. The number of nitrogens with one attached hydrogen (secondary N) is 2. The van der Waals surface area contributed by atoms with Crippen molar-refractivity contribution in [3.63, 3.8) is 0 Å². The van der Waals surface area contributed by atoms with Gasteiger partial charge in [0.25, 0.3) is 5.91 Å². The highest BCUT2D eigenvalue weighted by Crippen LogP contribution is 2.31. The lowest BCUT2D eigenvalue weighted by atomic mass is 9.99. The third kappa shape index (κ3) is 5.52.